The maximum Gasteiger partial charge on any atom is 0.420 e. The number of benzene rings is 2. The predicted molar refractivity (Wildman–Crippen MR) is 131 cm³/mol. The van der Waals surface area contributed by atoms with Gasteiger partial charge in [-0.25, -0.2) is 4.98 Å². The van der Waals surface area contributed by atoms with Crippen molar-refractivity contribution in [2.75, 3.05) is 18.2 Å². The molecule has 2 heterocycles. The van der Waals surface area contributed by atoms with Crippen LogP contribution in [0.5, 0.6) is 5.75 Å². The van der Waals surface area contributed by atoms with Crippen molar-refractivity contribution in [2.45, 2.75) is 29.9 Å². The van der Waals surface area contributed by atoms with Gasteiger partial charge in [-0.05, 0) is 37.3 Å². The van der Waals surface area contributed by atoms with Gasteiger partial charge in [0.15, 0.2) is 10.8 Å². The molecular formula is C25H25F3N4O2S. The molecule has 0 spiro atoms. The third-order valence-electron chi connectivity index (χ3n) is 5.79. The zero-order valence-corrected chi connectivity index (χ0v) is 20.2. The molecule has 2 aromatic heterocycles. The number of para-hydroxylation sites is 1. The number of alkyl halides is 3. The van der Waals surface area contributed by atoms with E-state index < -0.39 is 23.6 Å². The topological polar surface area (TPSA) is 72.2 Å². The monoisotopic (exact) mass is 502 g/mol. The van der Waals surface area contributed by atoms with Crippen LogP contribution in [0.25, 0.3) is 10.9 Å². The largest absolute Gasteiger partial charge is 0.496 e. The molecule has 35 heavy (non-hydrogen) atoms. The van der Waals surface area contributed by atoms with Crippen molar-refractivity contribution in [3.63, 3.8) is 0 Å². The number of thioether (sulfide) groups is 1. The SMILES string of the molecule is COc1ccccc1C(Nc1cccc2nc(C)ccc12)C(O)(CSc1nccn1C)C(F)(F)F. The van der Waals surface area contributed by atoms with Crippen LogP contribution in [0.2, 0.25) is 0 Å². The molecule has 4 aromatic rings. The predicted octanol–water partition coefficient (Wildman–Crippen LogP) is 5.52. The molecule has 0 saturated heterocycles. The first kappa shape index (κ1) is 24.9. The molecule has 0 aliphatic heterocycles. The number of aromatic nitrogens is 3. The highest BCUT2D eigenvalue weighted by Crippen LogP contribution is 2.47. The van der Waals surface area contributed by atoms with E-state index in [-0.39, 0.29) is 11.3 Å². The van der Waals surface area contributed by atoms with Crippen LogP contribution in [-0.4, -0.2) is 44.3 Å². The van der Waals surface area contributed by atoms with E-state index in [1.54, 1.807) is 66.3 Å². The Hall–Kier alpha value is -3.24. The van der Waals surface area contributed by atoms with E-state index in [2.05, 4.69) is 15.3 Å². The lowest BCUT2D eigenvalue weighted by atomic mass is 9.88. The van der Waals surface area contributed by atoms with Gasteiger partial charge in [0.25, 0.3) is 0 Å². The zero-order valence-electron chi connectivity index (χ0n) is 19.4. The van der Waals surface area contributed by atoms with Gasteiger partial charge < -0.3 is 19.7 Å². The van der Waals surface area contributed by atoms with Crippen LogP contribution < -0.4 is 10.1 Å². The molecule has 2 unspecified atom stereocenters. The molecule has 0 bridgehead atoms. The van der Waals surface area contributed by atoms with E-state index in [0.29, 0.717) is 21.7 Å². The van der Waals surface area contributed by atoms with Crippen LogP contribution in [0.4, 0.5) is 18.9 Å². The lowest BCUT2D eigenvalue weighted by Gasteiger charge is -2.39. The maximum atomic E-state index is 14.7. The number of anilines is 1. The number of rotatable bonds is 8. The third-order valence-corrected chi connectivity index (χ3v) is 7.02. The summed E-state index contributed by atoms with van der Waals surface area (Å²) in [6, 6.07) is 13.5. The number of halogens is 3. The standard InChI is InChI=1S/C25H25F3N4O2S/c1-16-11-12-17-19(30-16)8-6-9-20(17)31-22(18-7-4-5-10-21(18)34-3)24(33,25(26,27)28)15-35-23-29-13-14-32(23)2/h4-14,22,31,33H,15H2,1-3H3. The van der Waals surface area contributed by atoms with Crippen LogP contribution in [0.3, 0.4) is 0 Å². The van der Waals surface area contributed by atoms with E-state index in [1.165, 1.54) is 19.4 Å². The van der Waals surface area contributed by atoms with Crippen molar-refractivity contribution >= 4 is 28.4 Å². The first-order chi connectivity index (χ1) is 16.6. The number of hydrogen-bond donors (Lipinski definition) is 2. The second-order valence-corrected chi connectivity index (χ2v) is 9.12. The molecule has 6 nitrogen and oxygen atoms in total. The fourth-order valence-corrected chi connectivity index (χ4v) is 4.97. The number of methoxy groups -OCH3 is 1. The Morgan fingerprint density at radius 3 is 2.57 bits per heavy atom. The Morgan fingerprint density at radius 1 is 1.11 bits per heavy atom. The van der Waals surface area contributed by atoms with Gasteiger partial charge in [0.05, 0.1) is 18.7 Å². The third kappa shape index (κ3) is 4.94. The van der Waals surface area contributed by atoms with Crippen molar-refractivity contribution in [3.05, 3.63) is 78.2 Å². The van der Waals surface area contributed by atoms with Crippen molar-refractivity contribution in [3.8, 4) is 5.75 Å². The number of pyridine rings is 1. The highest BCUT2D eigenvalue weighted by molar-refractivity contribution is 7.99. The minimum atomic E-state index is -4.98. The molecule has 10 heteroatoms. The van der Waals surface area contributed by atoms with Crippen LogP contribution in [0.1, 0.15) is 17.3 Å². The number of fused-ring (bicyclic) bond motifs is 1. The Balaban J connectivity index is 1.85. The van der Waals surface area contributed by atoms with Gasteiger partial charge >= 0.3 is 6.18 Å². The molecule has 0 aliphatic rings. The van der Waals surface area contributed by atoms with Crippen LogP contribution in [0.15, 0.2) is 72.1 Å². The molecule has 2 aromatic carbocycles. The van der Waals surface area contributed by atoms with E-state index >= 15 is 0 Å². The van der Waals surface area contributed by atoms with Gasteiger partial charge in [-0.2, -0.15) is 13.2 Å². The molecular weight excluding hydrogens is 477 g/mol. The Morgan fingerprint density at radius 2 is 1.89 bits per heavy atom. The first-order valence-corrected chi connectivity index (χ1v) is 11.8. The zero-order chi connectivity index (χ0) is 25.2. The van der Waals surface area contributed by atoms with Crippen molar-refractivity contribution in [1.29, 1.82) is 0 Å². The van der Waals surface area contributed by atoms with Gasteiger partial charge in [-0.1, -0.05) is 36.0 Å². The number of aryl methyl sites for hydroxylation is 2. The summed E-state index contributed by atoms with van der Waals surface area (Å²) in [5.41, 5.74) is -1.18. The van der Waals surface area contributed by atoms with Crippen molar-refractivity contribution in [2.24, 2.45) is 7.05 Å². The number of ether oxygens (including phenoxy) is 1. The molecule has 2 N–H and O–H groups in total. The van der Waals surface area contributed by atoms with Gasteiger partial charge in [0, 0.05) is 47.5 Å². The molecule has 0 radical (unpaired) electrons. The van der Waals surface area contributed by atoms with E-state index in [1.807, 2.05) is 6.92 Å². The molecule has 184 valence electrons. The number of hydrogen-bond acceptors (Lipinski definition) is 6. The smallest absolute Gasteiger partial charge is 0.420 e. The summed E-state index contributed by atoms with van der Waals surface area (Å²) < 4.78 is 51.1. The molecule has 2 atom stereocenters. The van der Waals surface area contributed by atoms with Crippen molar-refractivity contribution in [1.82, 2.24) is 14.5 Å². The highest BCUT2D eigenvalue weighted by Gasteiger charge is 2.59. The van der Waals surface area contributed by atoms with E-state index in [0.717, 1.165) is 17.5 Å². The van der Waals surface area contributed by atoms with Gasteiger partial charge in [0.1, 0.15) is 5.75 Å². The lowest BCUT2D eigenvalue weighted by molar-refractivity contribution is -0.256. The fourth-order valence-electron chi connectivity index (χ4n) is 3.89. The quantitative estimate of drug-likeness (QED) is 0.309. The number of aliphatic hydroxyl groups is 1. The van der Waals surface area contributed by atoms with Gasteiger partial charge in [-0.3, -0.25) is 4.98 Å². The Bertz CT molecular complexity index is 1330. The molecule has 0 fully saturated rings. The van der Waals surface area contributed by atoms with E-state index in [4.69, 9.17) is 4.74 Å². The summed E-state index contributed by atoms with van der Waals surface area (Å²) in [6.07, 6.45) is -1.85. The maximum absolute atomic E-state index is 14.7. The molecule has 0 aliphatic carbocycles. The average Bonchev–Trinajstić information content (AvgIpc) is 3.24. The minimum absolute atomic E-state index is 0.173. The van der Waals surface area contributed by atoms with Crippen molar-refractivity contribution < 1.29 is 23.0 Å². The summed E-state index contributed by atoms with van der Waals surface area (Å²) in [5, 5.41) is 15.4. The van der Waals surface area contributed by atoms with Crippen LogP contribution in [0, 0.1) is 6.92 Å². The lowest BCUT2D eigenvalue weighted by Crippen LogP contribution is -2.54. The normalized spacial score (nSPS) is 14.5. The number of nitrogens with zero attached hydrogens (tertiary/aromatic N) is 3. The van der Waals surface area contributed by atoms with Gasteiger partial charge in [0.2, 0.25) is 0 Å². The second-order valence-electron chi connectivity index (χ2n) is 8.18. The molecule has 4 rings (SSSR count). The molecule has 0 amide bonds. The van der Waals surface area contributed by atoms with Crippen LogP contribution >= 0.6 is 11.8 Å². The van der Waals surface area contributed by atoms with Crippen LogP contribution in [-0.2, 0) is 7.05 Å². The number of nitrogens with one attached hydrogen (secondary N) is 1. The van der Waals surface area contributed by atoms with E-state index in [9.17, 15) is 18.3 Å². The highest BCUT2D eigenvalue weighted by atomic mass is 32.2. The number of imidazole rings is 1. The summed E-state index contributed by atoms with van der Waals surface area (Å²) in [5.74, 6) is -0.469. The summed E-state index contributed by atoms with van der Waals surface area (Å²) in [4.78, 5) is 8.57. The Labute approximate surface area is 205 Å². The second kappa shape index (κ2) is 9.79. The minimum Gasteiger partial charge on any atom is -0.496 e. The first-order valence-electron chi connectivity index (χ1n) is 10.8. The summed E-state index contributed by atoms with van der Waals surface area (Å²) in [7, 11) is 3.07. The average molecular weight is 503 g/mol. The van der Waals surface area contributed by atoms with Gasteiger partial charge in [-0.15, -0.1) is 0 Å². The molecule has 0 saturated carbocycles. The summed E-state index contributed by atoms with van der Waals surface area (Å²) >= 11 is 0.829. The fraction of sp³-hybridized carbons (Fsp3) is 0.280. The Kier molecular flexibility index (Phi) is 6.95. The summed E-state index contributed by atoms with van der Waals surface area (Å²) in [6.45, 7) is 1.84.